The fraction of sp³-hybridized carbons (Fsp3) is 1.00. The van der Waals surface area contributed by atoms with Gasteiger partial charge in [0.25, 0.3) is 0 Å². The molecule has 2 nitrogen and oxygen atoms in total. The molecule has 2 aliphatic carbocycles. The van der Waals surface area contributed by atoms with Crippen LogP contribution in [0.1, 0.15) is 207 Å². The van der Waals surface area contributed by atoms with Gasteiger partial charge in [-0.05, 0) is 99.5 Å². The normalized spacial score (nSPS) is 27.4. The Morgan fingerprint density at radius 2 is 0.814 bits per heavy atom. The Balaban J connectivity index is 2.18. The van der Waals surface area contributed by atoms with Crippen LogP contribution in [0, 0.1) is 41.4 Å². The SMILES string of the molecule is CCCCCC1CCC2C(CCCCCCCCN)C(CCCCCCCCN)CC(CCCCC)C2C1CCCCC. The van der Waals surface area contributed by atoms with Crippen molar-refractivity contribution >= 4 is 0 Å². The van der Waals surface area contributed by atoms with Crippen molar-refractivity contribution in [2.24, 2.45) is 52.9 Å². The van der Waals surface area contributed by atoms with Crippen molar-refractivity contribution in [3.63, 3.8) is 0 Å². The van der Waals surface area contributed by atoms with E-state index in [1.807, 2.05) is 0 Å². The topological polar surface area (TPSA) is 52.0 Å². The molecule has 2 fully saturated rings. The first kappa shape index (κ1) is 39.1. The summed E-state index contributed by atoms with van der Waals surface area (Å²) in [4.78, 5) is 0. The lowest BCUT2D eigenvalue weighted by atomic mass is 9.49. The molecule has 7 unspecified atom stereocenters. The zero-order valence-electron chi connectivity index (χ0n) is 30.1. The Kier molecular flexibility index (Phi) is 23.7. The summed E-state index contributed by atoms with van der Waals surface area (Å²) >= 11 is 0. The summed E-state index contributed by atoms with van der Waals surface area (Å²) in [7, 11) is 0. The highest BCUT2D eigenvalue weighted by atomic mass is 14.5. The van der Waals surface area contributed by atoms with E-state index in [-0.39, 0.29) is 0 Å². The van der Waals surface area contributed by atoms with Crippen LogP contribution in [-0.2, 0) is 0 Å². The molecule has 2 rings (SSSR count). The monoisotopic (exact) mass is 603 g/mol. The number of fused-ring (bicyclic) bond motifs is 1. The first-order valence-corrected chi connectivity index (χ1v) is 20.6. The van der Waals surface area contributed by atoms with E-state index in [0.717, 1.165) is 54.5 Å². The lowest BCUT2D eigenvalue weighted by molar-refractivity contribution is -0.0660. The van der Waals surface area contributed by atoms with E-state index >= 15 is 0 Å². The predicted octanol–water partition coefficient (Wildman–Crippen LogP) is 12.6. The second-order valence-corrected chi connectivity index (χ2v) is 15.5. The highest BCUT2D eigenvalue weighted by Gasteiger charge is 2.49. The van der Waals surface area contributed by atoms with Gasteiger partial charge in [-0.15, -0.1) is 0 Å². The molecular weight excluding hydrogens is 520 g/mol. The average molecular weight is 603 g/mol. The maximum Gasteiger partial charge on any atom is -0.00773 e. The van der Waals surface area contributed by atoms with E-state index in [1.165, 1.54) is 148 Å². The van der Waals surface area contributed by atoms with Gasteiger partial charge in [0.05, 0.1) is 0 Å². The van der Waals surface area contributed by atoms with Gasteiger partial charge in [-0.1, -0.05) is 162 Å². The predicted molar refractivity (Wildman–Crippen MR) is 193 cm³/mol. The van der Waals surface area contributed by atoms with Crippen LogP contribution in [0.2, 0.25) is 0 Å². The molecule has 43 heavy (non-hydrogen) atoms. The highest BCUT2D eigenvalue weighted by Crippen LogP contribution is 2.58. The van der Waals surface area contributed by atoms with Crippen molar-refractivity contribution in [1.82, 2.24) is 0 Å². The third-order valence-electron chi connectivity index (χ3n) is 12.3. The molecular formula is C41H82N2. The van der Waals surface area contributed by atoms with Crippen LogP contribution in [-0.4, -0.2) is 13.1 Å². The third-order valence-corrected chi connectivity index (χ3v) is 12.3. The molecule has 256 valence electrons. The van der Waals surface area contributed by atoms with Crippen molar-refractivity contribution in [2.45, 2.75) is 207 Å². The van der Waals surface area contributed by atoms with Gasteiger partial charge in [0, 0.05) is 0 Å². The first-order chi connectivity index (χ1) is 21.2. The Bertz CT molecular complexity index is 605. The Morgan fingerprint density at radius 1 is 0.395 bits per heavy atom. The van der Waals surface area contributed by atoms with E-state index in [9.17, 15) is 0 Å². The van der Waals surface area contributed by atoms with Gasteiger partial charge in [0.1, 0.15) is 0 Å². The van der Waals surface area contributed by atoms with Crippen molar-refractivity contribution in [3.05, 3.63) is 0 Å². The quantitative estimate of drug-likeness (QED) is 0.0875. The molecule has 0 aliphatic heterocycles. The molecule has 0 heterocycles. The van der Waals surface area contributed by atoms with E-state index < -0.39 is 0 Å². The Morgan fingerprint density at radius 3 is 1.37 bits per heavy atom. The molecule has 0 aromatic rings. The largest absolute Gasteiger partial charge is 0.330 e. The summed E-state index contributed by atoms with van der Waals surface area (Å²) in [5.74, 6) is 7.24. The smallest absolute Gasteiger partial charge is 0.00773 e. The van der Waals surface area contributed by atoms with E-state index in [2.05, 4.69) is 20.8 Å². The van der Waals surface area contributed by atoms with Gasteiger partial charge in [-0.2, -0.15) is 0 Å². The van der Waals surface area contributed by atoms with Crippen LogP contribution in [0.4, 0.5) is 0 Å². The summed E-state index contributed by atoms with van der Waals surface area (Å²) in [6.07, 6.45) is 42.1. The zero-order valence-corrected chi connectivity index (χ0v) is 30.1. The molecule has 0 aromatic carbocycles. The van der Waals surface area contributed by atoms with Gasteiger partial charge in [-0.3, -0.25) is 0 Å². The number of hydrogen-bond acceptors (Lipinski definition) is 2. The summed E-state index contributed by atoms with van der Waals surface area (Å²) in [6.45, 7) is 8.95. The fourth-order valence-electron chi connectivity index (χ4n) is 10.0. The minimum atomic E-state index is 0.873. The molecule has 0 bridgehead atoms. The molecule has 0 aromatic heterocycles. The number of unbranched alkanes of at least 4 members (excludes halogenated alkanes) is 16. The molecule has 4 N–H and O–H groups in total. The first-order valence-electron chi connectivity index (χ1n) is 20.6. The molecule has 0 amide bonds. The number of nitrogens with two attached hydrogens (primary N) is 2. The second kappa shape index (κ2) is 26.0. The Hall–Kier alpha value is -0.0800. The van der Waals surface area contributed by atoms with E-state index in [0.29, 0.717) is 0 Å². The van der Waals surface area contributed by atoms with Gasteiger partial charge >= 0.3 is 0 Å². The second-order valence-electron chi connectivity index (χ2n) is 15.5. The van der Waals surface area contributed by atoms with Gasteiger partial charge in [-0.25, -0.2) is 0 Å². The minimum Gasteiger partial charge on any atom is -0.330 e. The lowest BCUT2D eigenvalue weighted by Gasteiger charge is -2.56. The van der Waals surface area contributed by atoms with Gasteiger partial charge in [0.2, 0.25) is 0 Å². The molecule has 7 atom stereocenters. The average Bonchev–Trinajstić information content (AvgIpc) is 3.01. The molecule has 0 radical (unpaired) electrons. The molecule has 2 heteroatoms. The summed E-state index contributed by atoms with van der Waals surface area (Å²) < 4.78 is 0. The zero-order chi connectivity index (χ0) is 31.0. The third kappa shape index (κ3) is 15.4. The van der Waals surface area contributed by atoms with Crippen LogP contribution in [0.25, 0.3) is 0 Å². The maximum atomic E-state index is 5.76. The standard InChI is InChI=1S/C41H82N2/c1-4-7-18-25-35-30-31-40-38(28-22-15-11-13-17-24-33-43)36(26-21-14-10-12-16-23-32-42)34-37(27-19-8-5-2)41(40)39(35)29-20-9-6-3/h35-41H,4-34,42-43H2,1-3H3. The molecule has 2 saturated carbocycles. The van der Waals surface area contributed by atoms with Gasteiger partial charge < -0.3 is 11.5 Å². The summed E-state index contributed by atoms with van der Waals surface area (Å²) in [5.41, 5.74) is 11.5. The van der Waals surface area contributed by atoms with Gasteiger partial charge in [0.15, 0.2) is 0 Å². The maximum absolute atomic E-state index is 5.76. The van der Waals surface area contributed by atoms with Crippen molar-refractivity contribution < 1.29 is 0 Å². The Labute approximate surface area is 272 Å². The van der Waals surface area contributed by atoms with E-state index in [1.54, 1.807) is 38.5 Å². The van der Waals surface area contributed by atoms with Crippen molar-refractivity contribution in [3.8, 4) is 0 Å². The van der Waals surface area contributed by atoms with Crippen LogP contribution < -0.4 is 11.5 Å². The van der Waals surface area contributed by atoms with Crippen LogP contribution in [0.3, 0.4) is 0 Å². The van der Waals surface area contributed by atoms with Crippen LogP contribution >= 0.6 is 0 Å². The molecule has 0 spiro atoms. The fourth-order valence-corrected chi connectivity index (χ4v) is 10.0. The van der Waals surface area contributed by atoms with Crippen LogP contribution in [0.5, 0.6) is 0 Å². The summed E-state index contributed by atoms with van der Waals surface area (Å²) in [6, 6.07) is 0. The lowest BCUT2D eigenvalue weighted by Crippen LogP contribution is -2.48. The summed E-state index contributed by atoms with van der Waals surface area (Å²) in [5, 5.41) is 0. The molecule has 0 saturated heterocycles. The van der Waals surface area contributed by atoms with Crippen LogP contribution in [0.15, 0.2) is 0 Å². The van der Waals surface area contributed by atoms with E-state index in [4.69, 9.17) is 11.5 Å². The number of hydrogen-bond donors (Lipinski definition) is 2. The molecule has 2 aliphatic rings. The highest BCUT2D eigenvalue weighted by molar-refractivity contribution is 4.99. The van der Waals surface area contributed by atoms with Crippen molar-refractivity contribution in [1.29, 1.82) is 0 Å². The number of rotatable bonds is 28. The van der Waals surface area contributed by atoms with Crippen molar-refractivity contribution in [2.75, 3.05) is 13.1 Å². The minimum absolute atomic E-state index is 0.873.